The van der Waals surface area contributed by atoms with Crippen molar-refractivity contribution in [3.63, 3.8) is 0 Å². The summed E-state index contributed by atoms with van der Waals surface area (Å²) in [7, 11) is -3.67. The third-order valence-corrected chi connectivity index (χ3v) is 6.23. The molecule has 0 radical (unpaired) electrons. The lowest BCUT2D eigenvalue weighted by atomic mass is 10.0. The van der Waals surface area contributed by atoms with Crippen LogP contribution in [0.15, 0.2) is 42.5 Å². The zero-order chi connectivity index (χ0) is 21.1. The number of anilines is 1. The summed E-state index contributed by atoms with van der Waals surface area (Å²) in [5.74, 6) is -0.339. The minimum Gasteiger partial charge on any atom is -0.348 e. The number of benzene rings is 2. The summed E-state index contributed by atoms with van der Waals surface area (Å²) in [4.78, 5) is 13.0. The Hall–Kier alpha value is -2.05. The lowest BCUT2D eigenvalue weighted by Crippen LogP contribution is -2.49. The molecule has 5 nitrogen and oxygen atoms in total. The van der Waals surface area contributed by atoms with Crippen LogP contribution in [0.25, 0.3) is 0 Å². The number of amides is 1. The molecule has 0 unspecified atom stereocenters. The minimum absolute atomic E-state index is 0.243. The average Bonchev–Trinajstić information content (AvgIpc) is 2.61. The number of halogens is 1. The Morgan fingerprint density at radius 3 is 2.21 bits per heavy atom. The van der Waals surface area contributed by atoms with E-state index in [9.17, 15) is 13.2 Å². The van der Waals surface area contributed by atoms with Crippen molar-refractivity contribution in [1.82, 2.24) is 5.32 Å². The third kappa shape index (κ3) is 5.26. The van der Waals surface area contributed by atoms with Crippen molar-refractivity contribution in [2.45, 2.75) is 46.2 Å². The quantitative estimate of drug-likeness (QED) is 0.720. The fourth-order valence-corrected chi connectivity index (χ4v) is 4.41. The van der Waals surface area contributed by atoms with Gasteiger partial charge in [-0.15, -0.1) is 0 Å². The molecule has 0 fully saturated rings. The van der Waals surface area contributed by atoms with Crippen molar-refractivity contribution in [3.05, 3.63) is 64.2 Å². The van der Waals surface area contributed by atoms with Crippen LogP contribution in [-0.2, 0) is 14.8 Å². The van der Waals surface area contributed by atoms with Gasteiger partial charge in [-0.1, -0.05) is 36.7 Å². The van der Waals surface area contributed by atoms with Gasteiger partial charge in [0.15, 0.2) is 0 Å². The molecule has 2 atom stereocenters. The first-order valence-corrected chi connectivity index (χ1v) is 11.4. The van der Waals surface area contributed by atoms with Gasteiger partial charge in [-0.05, 0) is 68.1 Å². The Balaban J connectivity index is 2.30. The van der Waals surface area contributed by atoms with E-state index in [1.165, 1.54) is 5.56 Å². The highest BCUT2D eigenvalue weighted by atomic mass is 35.5. The molecule has 1 N–H and O–H groups in total. The van der Waals surface area contributed by atoms with Gasteiger partial charge in [0.25, 0.3) is 0 Å². The van der Waals surface area contributed by atoms with E-state index in [0.717, 1.165) is 21.7 Å². The summed E-state index contributed by atoms with van der Waals surface area (Å²) in [6.45, 7) is 7.74. The molecule has 0 saturated heterocycles. The number of carbonyl (C=O) groups excluding carboxylic acids is 1. The van der Waals surface area contributed by atoms with Crippen LogP contribution in [0.2, 0.25) is 5.02 Å². The Morgan fingerprint density at radius 2 is 1.71 bits per heavy atom. The van der Waals surface area contributed by atoms with E-state index >= 15 is 0 Å². The SMILES string of the molecule is CC[C@@H](C(=O)N[C@H](C)c1ccc(C)c(C)c1)N(c1ccc(Cl)cc1)S(C)(=O)=O. The lowest BCUT2D eigenvalue weighted by molar-refractivity contribution is -0.122. The molecule has 0 aromatic heterocycles. The first-order valence-electron chi connectivity index (χ1n) is 9.17. The maximum Gasteiger partial charge on any atom is 0.244 e. The molecule has 0 aliphatic heterocycles. The predicted octanol–water partition coefficient (Wildman–Crippen LogP) is 4.38. The average molecular weight is 423 g/mol. The molecule has 0 saturated carbocycles. The molecule has 0 bridgehead atoms. The lowest BCUT2D eigenvalue weighted by Gasteiger charge is -2.31. The summed E-state index contributed by atoms with van der Waals surface area (Å²) >= 11 is 5.92. The highest BCUT2D eigenvalue weighted by Crippen LogP contribution is 2.25. The molecule has 2 aromatic carbocycles. The molecule has 28 heavy (non-hydrogen) atoms. The predicted molar refractivity (Wildman–Crippen MR) is 115 cm³/mol. The Bertz CT molecular complexity index is 943. The Labute approximate surface area is 172 Å². The fourth-order valence-electron chi connectivity index (χ4n) is 3.08. The van der Waals surface area contributed by atoms with Gasteiger partial charge in [0, 0.05) is 5.02 Å². The van der Waals surface area contributed by atoms with Gasteiger partial charge in [-0.25, -0.2) is 8.42 Å². The van der Waals surface area contributed by atoms with Crippen LogP contribution in [0.1, 0.15) is 43.0 Å². The van der Waals surface area contributed by atoms with Crippen molar-refractivity contribution in [3.8, 4) is 0 Å². The van der Waals surface area contributed by atoms with E-state index in [1.807, 2.05) is 39.0 Å². The molecule has 152 valence electrons. The van der Waals surface area contributed by atoms with Gasteiger partial charge in [-0.2, -0.15) is 0 Å². The van der Waals surface area contributed by atoms with Crippen LogP contribution < -0.4 is 9.62 Å². The molecule has 1 amide bonds. The van der Waals surface area contributed by atoms with Gasteiger partial charge < -0.3 is 5.32 Å². The number of nitrogens with zero attached hydrogens (tertiary/aromatic N) is 1. The van der Waals surface area contributed by atoms with Gasteiger partial charge in [0.1, 0.15) is 6.04 Å². The Morgan fingerprint density at radius 1 is 1.11 bits per heavy atom. The van der Waals surface area contributed by atoms with Crippen LogP contribution in [0.4, 0.5) is 5.69 Å². The molecule has 0 aliphatic rings. The van der Waals surface area contributed by atoms with E-state index < -0.39 is 16.1 Å². The van der Waals surface area contributed by atoms with E-state index in [4.69, 9.17) is 11.6 Å². The van der Waals surface area contributed by atoms with Crippen molar-refractivity contribution in [2.75, 3.05) is 10.6 Å². The number of hydrogen-bond donors (Lipinski definition) is 1. The second-order valence-electron chi connectivity index (χ2n) is 7.03. The van der Waals surface area contributed by atoms with Crippen molar-refractivity contribution in [2.24, 2.45) is 0 Å². The fraction of sp³-hybridized carbons (Fsp3) is 0.381. The van der Waals surface area contributed by atoms with Crippen molar-refractivity contribution >= 4 is 33.2 Å². The van der Waals surface area contributed by atoms with Crippen LogP contribution in [0, 0.1) is 13.8 Å². The monoisotopic (exact) mass is 422 g/mol. The zero-order valence-electron chi connectivity index (χ0n) is 16.9. The van der Waals surface area contributed by atoms with Gasteiger partial charge in [0.2, 0.25) is 15.9 Å². The maximum atomic E-state index is 13.0. The van der Waals surface area contributed by atoms with E-state index in [1.54, 1.807) is 31.2 Å². The number of nitrogens with one attached hydrogen (secondary N) is 1. The highest BCUT2D eigenvalue weighted by molar-refractivity contribution is 7.92. The summed E-state index contributed by atoms with van der Waals surface area (Å²) < 4.78 is 26.1. The second-order valence-corrected chi connectivity index (χ2v) is 9.33. The smallest absolute Gasteiger partial charge is 0.244 e. The summed E-state index contributed by atoms with van der Waals surface area (Å²) in [5, 5.41) is 3.45. The number of sulfonamides is 1. The van der Waals surface area contributed by atoms with Gasteiger partial charge >= 0.3 is 0 Å². The molecule has 7 heteroatoms. The van der Waals surface area contributed by atoms with E-state index in [2.05, 4.69) is 5.32 Å². The first kappa shape index (κ1) is 22.2. The van der Waals surface area contributed by atoms with Crippen molar-refractivity contribution in [1.29, 1.82) is 0 Å². The number of aryl methyl sites for hydroxylation is 2. The number of carbonyl (C=O) groups is 1. The van der Waals surface area contributed by atoms with Crippen LogP contribution in [0.3, 0.4) is 0 Å². The van der Waals surface area contributed by atoms with E-state index in [0.29, 0.717) is 17.1 Å². The molecule has 0 aliphatic carbocycles. The topological polar surface area (TPSA) is 66.5 Å². The number of rotatable bonds is 7. The summed E-state index contributed by atoms with van der Waals surface area (Å²) in [5.41, 5.74) is 3.71. The maximum absolute atomic E-state index is 13.0. The molecule has 2 aromatic rings. The largest absolute Gasteiger partial charge is 0.348 e. The Kier molecular flexibility index (Phi) is 7.12. The van der Waals surface area contributed by atoms with Crippen molar-refractivity contribution < 1.29 is 13.2 Å². The highest BCUT2D eigenvalue weighted by Gasteiger charge is 2.32. The zero-order valence-corrected chi connectivity index (χ0v) is 18.4. The number of hydrogen-bond acceptors (Lipinski definition) is 3. The van der Waals surface area contributed by atoms with Gasteiger partial charge in [-0.3, -0.25) is 9.10 Å². The molecular formula is C21H27ClN2O3S. The summed E-state index contributed by atoms with van der Waals surface area (Å²) in [6.07, 6.45) is 1.44. The van der Waals surface area contributed by atoms with Gasteiger partial charge in [0.05, 0.1) is 18.0 Å². The molecular weight excluding hydrogens is 396 g/mol. The summed E-state index contributed by atoms with van der Waals surface area (Å²) in [6, 6.07) is 11.3. The molecule has 2 rings (SSSR count). The molecule has 0 spiro atoms. The van der Waals surface area contributed by atoms with E-state index in [-0.39, 0.29) is 11.9 Å². The third-order valence-electron chi connectivity index (χ3n) is 4.80. The van der Waals surface area contributed by atoms with Crippen LogP contribution in [0.5, 0.6) is 0 Å². The van der Waals surface area contributed by atoms with Crippen LogP contribution >= 0.6 is 11.6 Å². The standard InChI is InChI=1S/C21H27ClN2O3S/c1-6-20(24(28(5,26)27)19-11-9-18(22)10-12-19)21(25)23-16(4)17-8-7-14(2)15(3)13-17/h7-13,16,20H,6H2,1-5H3,(H,23,25)/t16-,20+/m1/s1. The van der Waals surface area contributed by atoms with Crippen LogP contribution in [-0.4, -0.2) is 26.6 Å². The first-order chi connectivity index (χ1) is 13.0. The molecule has 0 heterocycles. The second kappa shape index (κ2) is 8.97. The normalized spacial score (nSPS) is 13.6. The minimum atomic E-state index is -3.67.